The predicted octanol–water partition coefficient (Wildman–Crippen LogP) is 20.0. The molecule has 1 amide bonds. The summed E-state index contributed by atoms with van der Waals surface area (Å²) in [6.45, 7) is 4.91. The molecule has 2 atom stereocenters. The number of aliphatic hydroxyl groups is 2. The van der Waals surface area contributed by atoms with Crippen molar-refractivity contribution in [3.05, 3.63) is 36.5 Å². The number of unbranched alkanes of at least 4 members (excludes halogenated alkanes) is 44. The standard InChI is InChI=1S/C65H123NO5/c1-3-5-7-9-11-13-15-17-19-21-26-29-33-37-41-45-49-53-57-63(68)62(61-67)66-64(69)58-54-50-46-42-38-34-30-27-24-22-23-25-28-32-36-40-44-48-52-56-60-71-65(70)59-55-51-47-43-39-35-31-20-18-16-14-12-10-8-6-4-2/h20,22,24,31,53,57,62-63,67-68H,3-19,21,23,25-30,32-52,54-56,58-61H2,1-2H3,(H,66,69)/b24-22-,31-20-,57-53+. The summed E-state index contributed by atoms with van der Waals surface area (Å²) in [5.74, 6) is -0.0764. The van der Waals surface area contributed by atoms with Gasteiger partial charge in [0.25, 0.3) is 0 Å². The molecular weight excluding hydrogens is 875 g/mol. The van der Waals surface area contributed by atoms with Crippen molar-refractivity contribution >= 4 is 11.9 Å². The van der Waals surface area contributed by atoms with Gasteiger partial charge in [-0.25, -0.2) is 0 Å². The molecule has 0 bridgehead atoms. The highest BCUT2D eigenvalue weighted by molar-refractivity contribution is 5.76. The average Bonchev–Trinajstić information content (AvgIpc) is 3.37. The molecule has 0 saturated heterocycles. The average molecular weight is 999 g/mol. The number of aliphatic hydroxyl groups excluding tert-OH is 2. The minimum absolute atomic E-state index is 0.00166. The van der Waals surface area contributed by atoms with Crippen LogP contribution in [-0.2, 0) is 14.3 Å². The van der Waals surface area contributed by atoms with Gasteiger partial charge in [0.1, 0.15) is 0 Å². The lowest BCUT2D eigenvalue weighted by molar-refractivity contribution is -0.143. The number of rotatable bonds is 59. The van der Waals surface area contributed by atoms with Crippen LogP contribution in [0, 0.1) is 0 Å². The molecule has 0 aliphatic heterocycles. The van der Waals surface area contributed by atoms with Gasteiger partial charge in [-0.3, -0.25) is 9.59 Å². The maximum absolute atomic E-state index is 12.5. The fourth-order valence-electron chi connectivity index (χ4n) is 9.74. The van der Waals surface area contributed by atoms with Crippen LogP contribution in [0.15, 0.2) is 36.5 Å². The van der Waals surface area contributed by atoms with E-state index >= 15 is 0 Å². The lowest BCUT2D eigenvalue weighted by atomic mass is 10.0. The van der Waals surface area contributed by atoms with E-state index in [1.807, 2.05) is 6.08 Å². The van der Waals surface area contributed by atoms with Gasteiger partial charge < -0.3 is 20.3 Å². The van der Waals surface area contributed by atoms with E-state index in [0.29, 0.717) is 19.4 Å². The molecule has 0 fully saturated rings. The summed E-state index contributed by atoms with van der Waals surface area (Å²) in [4.78, 5) is 24.6. The van der Waals surface area contributed by atoms with Gasteiger partial charge in [-0.1, -0.05) is 281 Å². The SMILES string of the molecule is CCCCCCCCC/C=C\CCCCCCCC(=O)OCCCCCCCCCCC/C=C\CCCCCCCCCC(=O)NC(CO)C(O)/C=C/CCCCCCCCCCCCCCCCCC. The normalized spacial score (nSPS) is 12.8. The van der Waals surface area contributed by atoms with E-state index in [9.17, 15) is 19.8 Å². The van der Waals surface area contributed by atoms with Crippen molar-refractivity contribution in [3.8, 4) is 0 Å². The minimum Gasteiger partial charge on any atom is -0.466 e. The molecule has 6 nitrogen and oxygen atoms in total. The van der Waals surface area contributed by atoms with Gasteiger partial charge in [0.05, 0.1) is 25.4 Å². The summed E-state index contributed by atoms with van der Waals surface area (Å²) in [6.07, 6.45) is 76.1. The molecular formula is C65H123NO5. The maximum Gasteiger partial charge on any atom is 0.305 e. The molecule has 2 unspecified atom stereocenters. The zero-order valence-corrected chi connectivity index (χ0v) is 47.7. The fraction of sp³-hybridized carbons (Fsp3) is 0.877. The van der Waals surface area contributed by atoms with Gasteiger partial charge >= 0.3 is 5.97 Å². The van der Waals surface area contributed by atoms with E-state index in [1.54, 1.807) is 6.08 Å². The number of carbonyl (C=O) groups excluding carboxylic acids is 2. The summed E-state index contributed by atoms with van der Waals surface area (Å²) >= 11 is 0. The monoisotopic (exact) mass is 998 g/mol. The van der Waals surface area contributed by atoms with E-state index in [2.05, 4.69) is 43.5 Å². The topological polar surface area (TPSA) is 95.9 Å². The second kappa shape index (κ2) is 60.6. The van der Waals surface area contributed by atoms with Gasteiger partial charge in [-0.15, -0.1) is 0 Å². The molecule has 0 aromatic heterocycles. The van der Waals surface area contributed by atoms with Crippen LogP contribution in [0.25, 0.3) is 0 Å². The van der Waals surface area contributed by atoms with E-state index < -0.39 is 12.1 Å². The third-order valence-corrected chi connectivity index (χ3v) is 14.6. The highest BCUT2D eigenvalue weighted by Gasteiger charge is 2.18. The summed E-state index contributed by atoms with van der Waals surface area (Å²) in [7, 11) is 0. The summed E-state index contributed by atoms with van der Waals surface area (Å²) in [5.41, 5.74) is 0. The van der Waals surface area contributed by atoms with Gasteiger partial charge in [0.15, 0.2) is 0 Å². The molecule has 0 aliphatic carbocycles. The van der Waals surface area contributed by atoms with Crippen molar-refractivity contribution < 1.29 is 24.5 Å². The third-order valence-electron chi connectivity index (χ3n) is 14.6. The molecule has 0 aliphatic rings. The summed E-state index contributed by atoms with van der Waals surface area (Å²) in [6, 6.07) is -0.635. The van der Waals surface area contributed by atoms with Crippen molar-refractivity contribution in [1.29, 1.82) is 0 Å². The Balaban J connectivity index is 3.46. The van der Waals surface area contributed by atoms with Crippen LogP contribution in [0.1, 0.15) is 341 Å². The minimum atomic E-state index is -0.851. The Bertz CT molecular complexity index is 1150. The second-order valence-corrected chi connectivity index (χ2v) is 21.7. The number of hydrogen-bond acceptors (Lipinski definition) is 5. The first-order chi connectivity index (χ1) is 35.0. The number of amides is 1. The van der Waals surface area contributed by atoms with Gasteiger partial charge in [0, 0.05) is 12.8 Å². The lowest BCUT2D eigenvalue weighted by Gasteiger charge is -2.20. The molecule has 0 aromatic carbocycles. The Morgan fingerprint density at radius 2 is 0.662 bits per heavy atom. The van der Waals surface area contributed by atoms with Crippen LogP contribution in [0.4, 0.5) is 0 Å². The Kier molecular flexibility index (Phi) is 59.0. The highest BCUT2D eigenvalue weighted by Crippen LogP contribution is 2.17. The molecule has 6 heteroatoms. The van der Waals surface area contributed by atoms with Crippen molar-refractivity contribution in [2.75, 3.05) is 13.2 Å². The van der Waals surface area contributed by atoms with Crippen LogP contribution in [0.3, 0.4) is 0 Å². The summed E-state index contributed by atoms with van der Waals surface area (Å²) < 4.78 is 5.48. The number of nitrogens with one attached hydrogen (secondary N) is 1. The van der Waals surface area contributed by atoms with Crippen LogP contribution in [-0.4, -0.2) is 47.4 Å². The van der Waals surface area contributed by atoms with Gasteiger partial charge in [0.2, 0.25) is 5.91 Å². The first-order valence-corrected chi connectivity index (χ1v) is 31.8. The van der Waals surface area contributed by atoms with Crippen LogP contribution >= 0.6 is 0 Å². The Morgan fingerprint density at radius 1 is 0.380 bits per heavy atom. The van der Waals surface area contributed by atoms with Gasteiger partial charge in [-0.05, 0) is 83.5 Å². The highest BCUT2D eigenvalue weighted by atomic mass is 16.5. The van der Waals surface area contributed by atoms with Crippen molar-refractivity contribution in [1.82, 2.24) is 5.32 Å². The Labute approximate surface area is 443 Å². The van der Waals surface area contributed by atoms with E-state index in [4.69, 9.17) is 4.74 Å². The van der Waals surface area contributed by atoms with Crippen LogP contribution in [0.2, 0.25) is 0 Å². The predicted molar refractivity (Wildman–Crippen MR) is 310 cm³/mol. The van der Waals surface area contributed by atoms with Crippen molar-refractivity contribution in [2.24, 2.45) is 0 Å². The molecule has 0 rings (SSSR count). The molecule has 0 heterocycles. The van der Waals surface area contributed by atoms with E-state index in [-0.39, 0.29) is 18.5 Å². The second-order valence-electron chi connectivity index (χ2n) is 21.7. The van der Waals surface area contributed by atoms with Gasteiger partial charge in [-0.2, -0.15) is 0 Å². The molecule has 3 N–H and O–H groups in total. The fourth-order valence-corrected chi connectivity index (χ4v) is 9.74. The Hall–Kier alpha value is -1.92. The summed E-state index contributed by atoms with van der Waals surface area (Å²) in [5, 5.41) is 23.2. The zero-order valence-electron chi connectivity index (χ0n) is 47.7. The number of allylic oxidation sites excluding steroid dienone is 5. The maximum atomic E-state index is 12.5. The van der Waals surface area contributed by atoms with E-state index in [0.717, 1.165) is 51.4 Å². The number of carbonyl (C=O) groups is 2. The first-order valence-electron chi connectivity index (χ1n) is 31.8. The molecule has 0 radical (unpaired) electrons. The Morgan fingerprint density at radius 3 is 1.00 bits per heavy atom. The first kappa shape index (κ1) is 69.1. The molecule has 0 saturated carbocycles. The number of ether oxygens (including phenoxy) is 1. The molecule has 0 spiro atoms. The number of hydrogen-bond donors (Lipinski definition) is 3. The third kappa shape index (κ3) is 57.2. The van der Waals surface area contributed by atoms with Crippen molar-refractivity contribution in [3.63, 3.8) is 0 Å². The van der Waals surface area contributed by atoms with Crippen LogP contribution in [0.5, 0.6) is 0 Å². The molecule has 71 heavy (non-hydrogen) atoms. The van der Waals surface area contributed by atoms with E-state index in [1.165, 1.54) is 263 Å². The zero-order chi connectivity index (χ0) is 51.4. The molecule has 0 aromatic rings. The van der Waals surface area contributed by atoms with Crippen LogP contribution < -0.4 is 5.32 Å². The lowest BCUT2D eigenvalue weighted by Crippen LogP contribution is -2.45. The quantitative estimate of drug-likeness (QED) is 0.0321. The number of esters is 1. The largest absolute Gasteiger partial charge is 0.466 e. The molecule has 418 valence electrons. The smallest absolute Gasteiger partial charge is 0.305 e. The van der Waals surface area contributed by atoms with Crippen molar-refractivity contribution in [2.45, 2.75) is 353 Å².